The second-order valence-corrected chi connectivity index (χ2v) is 8.21. The molecule has 3 N–H and O–H groups in total. The van der Waals surface area contributed by atoms with E-state index in [1.165, 1.54) is 6.08 Å². The average Bonchev–Trinajstić information content (AvgIpc) is 3.19. The lowest BCUT2D eigenvalue weighted by molar-refractivity contribution is -0.131. The van der Waals surface area contributed by atoms with E-state index in [1.807, 2.05) is 36.4 Å². The van der Waals surface area contributed by atoms with Crippen molar-refractivity contribution in [3.8, 4) is 11.1 Å². The van der Waals surface area contributed by atoms with Gasteiger partial charge in [0.15, 0.2) is 0 Å². The van der Waals surface area contributed by atoms with Gasteiger partial charge in [0.2, 0.25) is 5.91 Å². The first kappa shape index (κ1) is 23.8. The Morgan fingerprint density at radius 2 is 1.54 bits per heavy atom. The topological polar surface area (TPSA) is 105 Å². The highest BCUT2D eigenvalue weighted by Crippen LogP contribution is 2.44. The number of alkyl carbamates (subject to hydrolysis) is 1. The molecule has 3 aromatic carbocycles. The van der Waals surface area contributed by atoms with E-state index in [0.29, 0.717) is 17.7 Å². The number of rotatable bonds is 8. The summed E-state index contributed by atoms with van der Waals surface area (Å²) in [6.45, 7) is 1.97. The molecule has 7 heteroatoms. The van der Waals surface area contributed by atoms with Crippen LogP contribution in [0.4, 0.5) is 10.5 Å². The number of carbonyl (C=O) groups excluding carboxylic acids is 2. The van der Waals surface area contributed by atoms with Gasteiger partial charge in [0, 0.05) is 17.7 Å². The van der Waals surface area contributed by atoms with Gasteiger partial charge in [-0.15, -0.1) is 0 Å². The SMILES string of the molecule is CCC(NC(=O)OCC1c2ccccc2-c2ccccc21)C(=O)Nc1ccc(/C=C/C(=O)O)cc1. The highest BCUT2D eigenvalue weighted by molar-refractivity contribution is 5.96. The predicted molar refractivity (Wildman–Crippen MR) is 134 cm³/mol. The lowest BCUT2D eigenvalue weighted by atomic mass is 9.98. The molecule has 178 valence electrons. The van der Waals surface area contributed by atoms with Crippen LogP contribution >= 0.6 is 0 Å². The molecule has 7 nitrogen and oxygen atoms in total. The van der Waals surface area contributed by atoms with E-state index in [9.17, 15) is 14.4 Å². The number of fused-ring (bicyclic) bond motifs is 3. The number of amides is 2. The largest absolute Gasteiger partial charge is 0.478 e. The number of ether oxygens (including phenoxy) is 1. The van der Waals surface area contributed by atoms with Gasteiger partial charge >= 0.3 is 12.1 Å². The fourth-order valence-electron chi connectivity index (χ4n) is 4.21. The van der Waals surface area contributed by atoms with E-state index >= 15 is 0 Å². The second-order valence-electron chi connectivity index (χ2n) is 8.21. The molecule has 0 saturated carbocycles. The summed E-state index contributed by atoms with van der Waals surface area (Å²) in [6, 6.07) is 22.1. The van der Waals surface area contributed by atoms with E-state index in [2.05, 4.69) is 22.8 Å². The van der Waals surface area contributed by atoms with E-state index in [1.54, 1.807) is 31.2 Å². The van der Waals surface area contributed by atoms with Crippen LogP contribution in [0, 0.1) is 0 Å². The summed E-state index contributed by atoms with van der Waals surface area (Å²) in [5.41, 5.74) is 5.75. The molecule has 0 spiro atoms. The van der Waals surface area contributed by atoms with Crippen LogP contribution in [0.5, 0.6) is 0 Å². The van der Waals surface area contributed by atoms with Gasteiger partial charge in [-0.1, -0.05) is 67.6 Å². The molecular formula is C28H26N2O5. The predicted octanol–water partition coefficient (Wildman–Crippen LogP) is 5.04. The number of nitrogens with one attached hydrogen (secondary N) is 2. The van der Waals surface area contributed by atoms with E-state index in [-0.39, 0.29) is 18.4 Å². The van der Waals surface area contributed by atoms with Crippen LogP contribution in [0.1, 0.15) is 36.0 Å². The standard InChI is InChI=1S/C28H26N2O5/c1-2-25(27(33)29-19-14-11-18(12-15-19)13-16-26(31)32)30-28(34)35-17-24-22-9-5-3-7-20(22)21-8-4-6-10-23(21)24/h3-16,24-25H,2,17H2,1H3,(H,29,33)(H,30,34)(H,31,32)/b16-13+. The fourth-order valence-corrected chi connectivity index (χ4v) is 4.21. The number of hydrogen-bond acceptors (Lipinski definition) is 4. The Labute approximate surface area is 203 Å². The molecule has 0 fully saturated rings. The number of carboxylic acids is 1. The van der Waals surface area contributed by atoms with Crippen LogP contribution < -0.4 is 10.6 Å². The summed E-state index contributed by atoms with van der Waals surface area (Å²) in [6.07, 6.45) is 2.23. The van der Waals surface area contributed by atoms with Gasteiger partial charge in [-0.2, -0.15) is 0 Å². The van der Waals surface area contributed by atoms with Crippen LogP contribution in [0.25, 0.3) is 17.2 Å². The normalized spacial score (nSPS) is 13.1. The molecule has 35 heavy (non-hydrogen) atoms. The van der Waals surface area contributed by atoms with E-state index in [0.717, 1.165) is 28.3 Å². The molecule has 1 atom stereocenters. The number of benzene rings is 3. The van der Waals surface area contributed by atoms with Gasteiger partial charge in [-0.05, 0) is 52.4 Å². The average molecular weight is 471 g/mol. The molecule has 1 unspecified atom stereocenters. The van der Waals surface area contributed by atoms with Crippen LogP contribution in [-0.4, -0.2) is 35.7 Å². The van der Waals surface area contributed by atoms with Crippen molar-refractivity contribution in [2.24, 2.45) is 0 Å². The Morgan fingerprint density at radius 1 is 0.943 bits per heavy atom. The van der Waals surface area contributed by atoms with Crippen molar-refractivity contribution in [2.45, 2.75) is 25.3 Å². The minimum absolute atomic E-state index is 0.0595. The molecule has 0 aliphatic heterocycles. The summed E-state index contributed by atoms with van der Waals surface area (Å²) in [5, 5.41) is 14.1. The molecule has 3 aromatic rings. The van der Waals surface area contributed by atoms with Gasteiger partial charge in [-0.25, -0.2) is 9.59 Å². The summed E-state index contributed by atoms with van der Waals surface area (Å²) < 4.78 is 5.55. The van der Waals surface area contributed by atoms with Gasteiger partial charge in [0.05, 0.1) is 0 Å². The zero-order valence-electron chi connectivity index (χ0n) is 19.2. The number of aliphatic carboxylic acids is 1. The highest BCUT2D eigenvalue weighted by atomic mass is 16.5. The van der Waals surface area contributed by atoms with E-state index in [4.69, 9.17) is 9.84 Å². The summed E-state index contributed by atoms with van der Waals surface area (Å²) in [5.74, 6) is -1.46. The molecule has 4 rings (SSSR count). The lowest BCUT2D eigenvalue weighted by Crippen LogP contribution is -2.43. The first-order valence-corrected chi connectivity index (χ1v) is 11.4. The molecule has 2 amide bonds. The molecule has 0 bridgehead atoms. The Kier molecular flexibility index (Phi) is 7.26. The van der Waals surface area contributed by atoms with Gasteiger partial charge in [0.1, 0.15) is 12.6 Å². The van der Waals surface area contributed by atoms with Crippen molar-refractivity contribution in [1.29, 1.82) is 0 Å². The van der Waals surface area contributed by atoms with Gasteiger partial charge in [-0.3, -0.25) is 4.79 Å². The maximum Gasteiger partial charge on any atom is 0.407 e. The van der Waals surface area contributed by atoms with Crippen molar-refractivity contribution in [1.82, 2.24) is 5.32 Å². The third kappa shape index (κ3) is 5.58. The Bertz CT molecular complexity index is 1220. The number of anilines is 1. The van der Waals surface area contributed by atoms with Gasteiger partial charge < -0.3 is 20.5 Å². The molecule has 1 aliphatic rings. The smallest absolute Gasteiger partial charge is 0.407 e. The first-order chi connectivity index (χ1) is 17.0. The van der Waals surface area contributed by atoms with Crippen LogP contribution in [0.15, 0.2) is 78.9 Å². The Hall–Kier alpha value is -4.39. The summed E-state index contributed by atoms with van der Waals surface area (Å²) in [4.78, 5) is 35.9. The van der Waals surface area contributed by atoms with Crippen molar-refractivity contribution >= 4 is 29.7 Å². The van der Waals surface area contributed by atoms with Crippen LogP contribution in [0.3, 0.4) is 0 Å². The van der Waals surface area contributed by atoms with Crippen LogP contribution in [0.2, 0.25) is 0 Å². The van der Waals surface area contributed by atoms with Crippen molar-refractivity contribution in [3.05, 3.63) is 95.6 Å². The molecular weight excluding hydrogens is 444 g/mol. The molecule has 0 aromatic heterocycles. The number of carboxylic acid groups (broad SMARTS) is 1. The minimum Gasteiger partial charge on any atom is -0.478 e. The van der Waals surface area contributed by atoms with Crippen molar-refractivity contribution < 1.29 is 24.2 Å². The van der Waals surface area contributed by atoms with Crippen molar-refractivity contribution in [2.75, 3.05) is 11.9 Å². The monoisotopic (exact) mass is 470 g/mol. The minimum atomic E-state index is -1.03. The zero-order valence-corrected chi connectivity index (χ0v) is 19.2. The third-order valence-corrected chi connectivity index (χ3v) is 5.96. The van der Waals surface area contributed by atoms with Gasteiger partial charge in [0.25, 0.3) is 0 Å². The fraction of sp³-hybridized carbons (Fsp3) is 0.179. The second kappa shape index (κ2) is 10.7. The quantitative estimate of drug-likeness (QED) is 0.400. The maximum absolute atomic E-state index is 12.7. The lowest BCUT2D eigenvalue weighted by Gasteiger charge is -2.19. The molecule has 1 aliphatic carbocycles. The zero-order chi connectivity index (χ0) is 24.8. The number of hydrogen-bond donors (Lipinski definition) is 3. The van der Waals surface area contributed by atoms with Crippen LogP contribution in [-0.2, 0) is 14.3 Å². The highest BCUT2D eigenvalue weighted by Gasteiger charge is 2.29. The maximum atomic E-state index is 12.7. The van der Waals surface area contributed by atoms with Crippen molar-refractivity contribution in [3.63, 3.8) is 0 Å². The third-order valence-electron chi connectivity index (χ3n) is 5.96. The Balaban J connectivity index is 1.34. The Morgan fingerprint density at radius 3 is 2.11 bits per heavy atom. The summed E-state index contributed by atoms with van der Waals surface area (Å²) in [7, 11) is 0. The first-order valence-electron chi connectivity index (χ1n) is 11.4. The molecule has 0 saturated heterocycles. The summed E-state index contributed by atoms with van der Waals surface area (Å²) >= 11 is 0. The van der Waals surface area contributed by atoms with E-state index < -0.39 is 18.1 Å². The molecule has 0 radical (unpaired) electrons. The molecule has 0 heterocycles. The number of carbonyl (C=O) groups is 3.